The van der Waals surface area contributed by atoms with E-state index in [1.807, 2.05) is 55.3 Å². The van der Waals surface area contributed by atoms with E-state index in [1.54, 1.807) is 0 Å². The smallest absolute Gasteiger partial charge is 0.253 e. The Morgan fingerprint density at radius 1 is 1.19 bits per heavy atom. The van der Waals surface area contributed by atoms with Crippen molar-refractivity contribution < 1.29 is 4.79 Å². The average Bonchev–Trinajstić information content (AvgIpc) is 3.03. The number of fused-ring (bicyclic) bond motifs is 1. The second-order valence-corrected chi connectivity index (χ2v) is 6.91. The number of hydrogen-bond donors (Lipinski definition) is 1. The standard InChI is InChI=1S/C21H24N4O/c1-15-23-19-13-16(21(26)24-12-6-7-17(14-24)22-2)10-11-20(19)25(15)18-8-4-3-5-9-18/h3-5,8-11,13,17,22H,6-7,12,14H2,1-2H3. The number of rotatable bonds is 3. The summed E-state index contributed by atoms with van der Waals surface area (Å²) in [6.45, 7) is 3.59. The van der Waals surface area contributed by atoms with Crippen LogP contribution in [0.4, 0.5) is 0 Å². The summed E-state index contributed by atoms with van der Waals surface area (Å²) in [5.74, 6) is 1.02. The highest BCUT2D eigenvalue weighted by Crippen LogP contribution is 2.23. The Bertz CT molecular complexity index is 932. The van der Waals surface area contributed by atoms with Crippen LogP contribution in [0.5, 0.6) is 0 Å². The van der Waals surface area contributed by atoms with Crippen LogP contribution in [-0.2, 0) is 0 Å². The Kier molecular flexibility index (Phi) is 4.47. The molecule has 1 saturated heterocycles. The van der Waals surface area contributed by atoms with E-state index in [4.69, 9.17) is 0 Å². The minimum absolute atomic E-state index is 0.0961. The van der Waals surface area contributed by atoms with Crippen LogP contribution in [0, 0.1) is 6.92 Å². The third-order valence-corrected chi connectivity index (χ3v) is 5.20. The zero-order chi connectivity index (χ0) is 18.1. The zero-order valence-electron chi connectivity index (χ0n) is 15.3. The quantitative estimate of drug-likeness (QED) is 0.791. The van der Waals surface area contributed by atoms with Gasteiger partial charge in [0.2, 0.25) is 0 Å². The molecule has 4 rings (SSSR count). The molecule has 134 valence electrons. The summed E-state index contributed by atoms with van der Waals surface area (Å²) in [6, 6.07) is 16.4. The van der Waals surface area contributed by atoms with Gasteiger partial charge in [0.15, 0.2) is 0 Å². The molecule has 5 nitrogen and oxygen atoms in total. The fourth-order valence-electron chi connectivity index (χ4n) is 3.82. The van der Waals surface area contributed by atoms with Gasteiger partial charge in [-0.25, -0.2) is 4.98 Å². The van der Waals surface area contributed by atoms with Gasteiger partial charge in [-0.15, -0.1) is 0 Å². The molecule has 2 heterocycles. The SMILES string of the molecule is CNC1CCCN(C(=O)c2ccc3c(c2)nc(C)n3-c2ccccc2)C1. The maximum Gasteiger partial charge on any atom is 0.253 e. The van der Waals surface area contributed by atoms with Gasteiger partial charge in [0.05, 0.1) is 11.0 Å². The molecule has 1 aliphatic rings. The Labute approximate surface area is 153 Å². The summed E-state index contributed by atoms with van der Waals surface area (Å²) in [5, 5.41) is 3.29. The molecule has 3 aromatic rings. The van der Waals surface area contributed by atoms with E-state index in [2.05, 4.69) is 27.0 Å². The number of amides is 1. The molecule has 2 aromatic carbocycles. The third kappa shape index (κ3) is 2.99. The summed E-state index contributed by atoms with van der Waals surface area (Å²) < 4.78 is 2.13. The zero-order valence-corrected chi connectivity index (χ0v) is 15.3. The van der Waals surface area contributed by atoms with Crippen LogP contribution < -0.4 is 5.32 Å². The summed E-state index contributed by atoms with van der Waals surface area (Å²) in [5.41, 5.74) is 3.68. The summed E-state index contributed by atoms with van der Waals surface area (Å²) >= 11 is 0. The average molecular weight is 348 g/mol. The van der Waals surface area contributed by atoms with Gasteiger partial charge in [-0.1, -0.05) is 18.2 Å². The number of likely N-dealkylation sites (N-methyl/N-ethyl adjacent to an activating group) is 1. The first-order chi connectivity index (χ1) is 12.7. The van der Waals surface area contributed by atoms with E-state index in [0.29, 0.717) is 11.6 Å². The number of hydrogen-bond acceptors (Lipinski definition) is 3. The number of aromatic nitrogens is 2. The topological polar surface area (TPSA) is 50.2 Å². The van der Waals surface area contributed by atoms with E-state index < -0.39 is 0 Å². The number of aryl methyl sites for hydroxylation is 1. The summed E-state index contributed by atoms with van der Waals surface area (Å²) in [7, 11) is 1.96. The maximum absolute atomic E-state index is 12.9. The number of benzene rings is 2. The molecule has 0 aliphatic carbocycles. The number of nitrogens with zero attached hydrogens (tertiary/aromatic N) is 3. The van der Waals surface area contributed by atoms with E-state index >= 15 is 0 Å². The Hall–Kier alpha value is -2.66. The molecule has 1 aliphatic heterocycles. The lowest BCUT2D eigenvalue weighted by Crippen LogP contribution is -2.46. The lowest BCUT2D eigenvalue weighted by atomic mass is 10.0. The summed E-state index contributed by atoms with van der Waals surface area (Å²) in [6.07, 6.45) is 2.17. The van der Waals surface area contributed by atoms with Crippen molar-refractivity contribution in [2.24, 2.45) is 0 Å². The van der Waals surface area contributed by atoms with Crippen molar-refractivity contribution in [1.82, 2.24) is 19.8 Å². The lowest BCUT2D eigenvalue weighted by Gasteiger charge is -2.32. The largest absolute Gasteiger partial charge is 0.337 e. The van der Waals surface area contributed by atoms with Crippen molar-refractivity contribution in [2.45, 2.75) is 25.8 Å². The third-order valence-electron chi connectivity index (χ3n) is 5.20. The molecule has 0 radical (unpaired) electrons. The molecule has 26 heavy (non-hydrogen) atoms. The molecule has 1 fully saturated rings. The number of para-hydroxylation sites is 1. The van der Waals surface area contributed by atoms with Crippen molar-refractivity contribution in [3.63, 3.8) is 0 Å². The second-order valence-electron chi connectivity index (χ2n) is 6.91. The molecule has 1 N–H and O–H groups in total. The van der Waals surface area contributed by atoms with Crippen LogP contribution in [-0.4, -0.2) is 46.5 Å². The number of piperidine rings is 1. The highest BCUT2D eigenvalue weighted by Gasteiger charge is 2.24. The fourth-order valence-corrected chi connectivity index (χ4v) is 3.82. The van der Waals surface area contributed by atoms with Gasteiger partial charge in [-0.3, -0.25) is 9.36 Å². The van der Waals surface area contributed by atoms with Crippen LogP contribution >= 0.6 is 0 Å². The van der Waals surface area contributed by atoms with E-state index in [0.717, 1.165) is 48.5 Å². The number of carbonyl (C=O) groups is 1. The number of likely N-dealkylation sites (tertiary alicyclic amines) is 1. The molecule has 0 spiro atoms. The molecule has 0 saturated carbocycles. The van der Waals surface area contributed by atoms with Gasteiger partial charge in [0.1, 0.15) is 5.82 Å². The van der Waals surface area contributed by atoms with Gasteiger partial charge in [0, 0.05) is 30.4 Å². The van der Waals surface area contributed by atoms with Gasteiger partial charge in [-0.05, 0) is 57.1 Å². The van der Waals surface area contributed by atoms with Crippen molar-refractivity contribution in [3.8, 4) is 5.69 Å². The first-order valence-corrected chi connectivity index (χ1v) is 9.18. The molecular weight excluding hydrogens is 324 g/mol. The molecule has 0 bridgehead atoms. The molecule has 1 atom stereocenters. The number of nitrogens with one attached hydrogen (secondary N) is 1. The molecular formula is C21H24N4O. The predicted molar refractivity (Wildman–Crippen MR) is 104 cm³/mol. The monoisotopic (exact) mass is 348 g/mol. The Balaban J connectivity index is 1.67. The van der Waals surface area contributed by atoms with E-state index in [-0.39, 0.29) is 5.91 Å². The van der Waals surface area contributed by atoms with Gasteiger partial charge in [0.25, 0.3) is 5.91 Å². The number of carbonyl (C=O) groups excluding carboxylic acids is 1. The van der Waals surface area contributed by atoms with Gasteiger partial charge >= 0.3 is 0 Å². The van der Waals surface area contributed by atoms with Crippen molar-refractivity contribution in [2.75, 3.05) is 20.1 Å². The Morgan fingerprint density at radius 2 is 2.00 bits per heavy atom. The minimum Gasteiger partial charge on any atom is -0.337 e. The molecule has 5 heteroatoms. The fraction of sp³-hybridized carbons (Fsp3) is 0.333. The minimum atomic E-state index is 0.0961. The van der Waals surface area contributed by atoms with Crippen LogP contribution in [0.3, 0.4) is 0 Å². The van der Waals surface area contributed by atoms with Crippen LogP contribution in [0.2, 0.25) is 0 Å². The van der Waals surface area contributed by atoms with Crippen molar-refractivity contribution in [1.29, 1.82) is 0 Å². The highest BCUT2D eigenvalue weighted by atomic mass is 16.2. The second kappa shape index (κ2) is 6.92. The van der Waals surface area contributed by atoms with Crippen LogP contribution in [0.25, 0.3) is 16.7 Å². The van der Waals surface area contributed by atoms with Crippen molar-refractivity contribution >= 4 is 16.9 Å². The van der Waals surface area contributed by atoms with Gasteiger partial charge in [-0.2, -0.15) is 0 Å². The predicted octanol–water partition coefficient (Wildman–Crippen LogP) is 3.16. The normalized spacial score (nSPS) is 17.6. The van der Waals surface area contributed by atoms with E-state index in [9.17, 15) is 4.79 Å². The first kappa shape index (κ1) is 16.8. The Morgan fingerprint density at radius 3 is 2.77 bits per heavy atom. The van der Waals surface area contributed by atoms with Crippen LogP contribution in [0.15, 0.2) is 48.5 Å². The summed E-state index contributed by atoms with van der Waals surface area (Å²) in [4.78, 5) is 19.6. The van der Waals surface area contributed by atoms with E-state index in [1.165, 1.54) is 0 Å². The maximum atomic E-state index is 12.9. The first-order valence-electron chi connectivity index (χ1n) is 9.18. The lowest BCUT2D eigenvalue weighted by molar-refractivity contribution is 0.0698. The van der Waals surface area contributed by atoms with Crippen molar-refractivity contribution in [3.05, 3.63) is 59.9 Å². The highest BCUT2D eigenvalue weighted by molar-refractivity contribution is 5.97. The van der Waals surface area contributed by atoms with Gasteiger partial charge < -0.3 is 10.2 Å². The molecule has 1 amide bonds. The number of imidazole rings is 1. The molecule has 1 unspecified atom stereocenters. The van der Waals surface area contributed by atoms with Crippen LogP contribution in [0.1, 0.15) is 29.0 Å². The molecule has 1 aromatic heterocycles.